The second-order valence-electron chi connectivity index (χ2n) is 14.0. The summed E-state index contributed by atoms with van der Waals surface area (Å²) >= 11 is 0. The Hall–Kier alpha value is -1.43. The van der Waals surface area contributed by atoms with Gasteiger partial charge in [-0.2, -0.15) is 93.6 Å². The second-order valence-corrected chi connectivity index (χ2v) is 14.0. The van der Waals surface area contributed by atoms with Crippen LogP contribution in [0.1, 0.15) is 125 Å². The van der Waals surface area contributed by atoms with E-state index in [4.69, 9.17) is 18.9 Å². The summed E-state index contributed by atoms with van der Waals surface area (Å²) in [7, 11) is 0. The Morgan fingerprint density at radius 2 is 0.476 bits per heavy atom. The van der Waals surface area contributed by atoms with Gasteiger partial charge >= 0.3 is 55.7 Å². The fourth-order valence-electron chi connectivity index (χ4n) is 3.77. The Bertz CT molecular complexity index is 1020. The molecule has 0 N–H and O–H groups in total. The fourth-order valence-corrected chi connectivity index (χ4v) is 3.77. The van der Waals surface area contributed by atoms with Crippen molar-refractivity contribution in [1.82, 2.24) is 0 Å². The fraction of sp³-hybridized carbons (Fsp3) is 0.727. The normalized spacial score (nSPS) is 10.6. The second kappa shape index (κ2) is 43.2. The van der Waals surface area contributed by atoms with Crippen LogP contribution in [0.3, 0.4) is 0 Å². The molecule has 0 aliphatic carbocycles. The average Bonchev–Trinajstić information content (AvgIpc) is 3.05. The predicted octanol–water partition coefficient (Wildman–Crippen LogP) is 13.8. The maximum absolute atomic E-state index is 12.6. The van der Waals surface area contributed by atoms with E-state index in [0.29, 0.717) is 0 Å². The molecule has 19 heteroatoms. The van der Waals surface area contributed by atoms with E-state index in [1.54, 1.807) is 40.9 Å². The first-order chi connectivity index (χ1) is 25.3. The molecule has 0 heterocycles. The molecular formula is C44H90B2F12NaO4-. The first-order valence-corrected chi connectivity index (χ1v) is 18.7. The van der Waals surface area contributed by atoms with E-state index in [-0.39, 0.29) is 100 Å². The average molecular weight is 956 g/mol. The Kier molecular flexibility index (Phi) is 60.5. The topological polar surface area (TPSA) is 36.9 Å². The number of ether oxygens (including phenoxy) is 4. The number of benzene rings is 2. The van der Waals surface area contributed by atoms with Crippen molar-refractivity contribution in [2.45, 2.75) is 166 Å². The van der Waals surface area contributed by atoms with Crippen LogP contribution in [0.2, 0.25) is 40.9 Å². The smallest absolute Gasteiger partial charge is 1.00 e. The quantitative estimate of drug-likeness (QED) is 0.176. The molecule has 0 unspecified atom stereocenters. The molecule has 0 fully saturated rings. The number of rotatable bonds is 10. The van der Waals surface area contributed by atoms with E-state index >= 15 is 0 Å². The Morgan fingerprint density at radius 1 is 0.349 bits per heavy atom. The molecule has 0 bridgehead atoms. The third kappa shape index (κ3) is 46.9. The summed E-state index contributed by atoms with van der Waals surface area (Å²) in [6.45, 7) is 32.4. The molecule has 0 aliphatic heterocycles. The zero-order chi connectivity index (χ0) is 45.2. The SMILES string of the molecule is C.C.C.C.C.C.CCOCC.CCOCC.CCOCC.CCOCC.C[B-](C)(C)c1cc(C(F)(F)F)cc(C(F)(F)F)c1.C[B-](C)(C)c1cc(C(F)(F)F)cc(C(F)(F)F)c1.[H+].[H-].[Na+]. The summed E-state index contributed by atoms with van der Waals surface area (Å²) in [4.78, 5) is 0. The monoisotopic (exact) mass is 956 g/mol. The minimum absolute atomic E-state index is 0. The minimum atomic E-state index is -4.78. The van der Waals surface area contributed by atoms with Gasteiger partial charge in [-0.05, 0) is 67.5 Å². The Balaban J connectivity index is -0.0000000488. The van der Waals surface area contributed by atoms with Gasteiger partial charge in [0.05, 0.1) is 22.3 Å². The van der Waals surface area contributed by atoms with Gasteiger partial charge in [0.2, 0.25) is 0 Å². The molecule has 63 heavy (non-hydrogen) atoms. The molecule has 0 amide bonds. The molecule has 0 saturated carbocycles. The number of alkyl halides is 12. The van der Waals surface area contributed by atoms with Gasteiger partial charge in [-0.15, -0.1) is 0 Å². The van der Waals surface area contributed by atoms with Crippen LogP contribution in [0.15, 0.2) is 36.4 Å². The molecule has 0 aromatic heterocycles. The molecule has 0 saturated heterocycles. The predicted molar refractivity (Wildman–Crippen MR) is 250 cm³/mol. The van der Waals surface area contributed by atoms with E-state index < -0.39 is 59.3 Å². The van der Waals surface area contributed by atoms with Crippen molar-refractivity contribution < 1.29 is 104 Å². The Morgan fingerprint density at radius 3 is 0.540 bits per heavy atom. The van der Waals surface area contributed by atoms with Gasteiger partial charge in [0.25, 0.3) is 0 Å². The zero-order valence-electron chi connectivity index (χ0n) is 38.4. The van der Waals surface area contributed by atoms with E-state index in [1.165, 1.54) is 0 Å². The van der Waals surface area contributed by atoms with E-state index in [2.05, 4.69) is 0 Å². The maximum Gasteiger partial charge on any atom is 1.00 e. The van der Waals surface area contributed by atoms with Crippen LogP contribution in [0, 0.1) is 0 Å². The van der Waals surface area contributed by atoms with Crippen LogP contribution in [0.4, 0.5) is 52.7 Å². The van der Waals surface area contributed by atoms with Crippen molar-refractivity contribution in [3.63, 3.8) is 0 Å². The molecule has 4 nitrogen and oxygen atoms in total. The molecule has 382 valence electrons. The van der Waals surface area contributed by atoms with Crippen LogP contribution < -0.4 is 40.5 Å². The molecule has 2 rings (SSSR count). The van der Waals surface area contributed by atoms with Crippen molar-refractivity contribution >= 4 is 23.2 Å². The molecule has 0 atom stereocenters. The van der Waals surface area contributed by atoms with Crippen LogP contribution in [-0.2, 0) is 43.7 Å². The van der Waals surface area contributed by atoms with Gasteiger partial charge in [0.1, 0.15) is 0 Å². The molecule has 0 spiro atoms. The van der Waals surface area contributed by atoms with Crippen LogP contribution in [-0.4, -0.2) is 65.1 Å². The van der Waals surface area contributed by atoms with Crippen molar-refractivity contribution in [1.29, 1.82) is 0 Å². The number of hydrogen-bond acceptors (Lipinski definition) is 4. The first-order valence-electron chi connectivity index (χ1n) is 18.7. The van der Waals surface area contributed by atoms with Gasteiger partial charge in [-0.25, -0.2) is 10.9 Å². The summed E-state index contributed by atoms with van der Waals surface area (Å²) in [5, 5.41) is 0. The Labute approximate surface area is 402 Å². The zero-order valence-corrected chi connectivity index (χ0v) is 38.4. The standard InChI is InChI=1S/2C11H12BF6.4C4H10O.6CH4.Na.H/c2*1-12(2,3)9-5-7(10(13,14)15)4-8(6-9)11(16,17)18;4*1-3-5-4-2;;;;;;;;/h2*4-6H,1-3H3;4*3-4H2,1-2H3;6*1H4;;/q2*-1;;;;;;;;;;;+1;-1/p+1. The van der Waals surface area contributed by atoms with Crippen LogP contribution in [0.25, 0.3) is 0 Å². The largest absolute Gasteiger partial charge is 1.00 e. The molecule has 0 aliphatic rings. The molecule has 0 radical (unpaired) electrons. The van der Waals surface area contributed by atoms with Gasteiger partial charge in [0, 0.05) is 65.1 Å². The third-order valence-corrected chi connectivity index (χ3v) is 6.85. The number of hydrogen-bond donors (Lipinski definition) is 0. The number of halogens is 12. The maximum atomic E-state index is 12.6. The molecular weight excluding hydrogens is 865 g/mol. The summed E-state index contributed by atoms with van der Waals surface area (Å²) in [5.41, 5.74) is -4.91. The van der Waals surface area contributed by atoms with Crippen molar-refractivity contribution in [2.75, 3.05) is 52.9 Å². The third-order valence-electron chi connectivity index (χ3n) is 6.85. The van der Waals surface area contributed by atoms with Crippen LogP contribution in [0.5, 0.6) is 0 Å². The van der Waals surface area contributed by atoms with E-state index in [1.807, 2.05) is 55.4 Å². The van der Waals surface area contributed by atoms with Crippen molar-refractivity contribution in [2.24, 2.45) is 0 Å². The van der Waals surface area contributed by atoms with E-state index in [9.17, 15) is 52.7 Å². The van der Waals surface area contributed by atoms with E-state index in [0.717, 1.165) is 77.1 Å². The molecule has 2 aromatic rings. The molecule has 2 aromatic carbocycles. The minimum Gasteiger partial charge on any atom is -1.00 e. The van der Waals surface area contributed by atoms with Crippen molar-refractivity contribution in [3.8, 4) is 0 Å². The summed E-state index contributed by atoms with van der Waals surface area (Å²) in [6.07, 6.45) is -22.0. The van der Waals surface area contributed by atoms with Crippen LogP contribution >= 0.6 is 0 Å². The van der Waals surface area contributed by atoms with Crippen molar-refractivity contribution in [3.05, 3.63) is 58.7 Å². The van der Waals surface area contributed by atoms with Gasteiger partial charge in [-0.1, -0.05) is 68.8 Å². The van der Waals surface area contributed by atoms with Gasteiger partial charge in [-0.3, -0.25) is 0 Å². The first kappa shape index (κ1) is 88.3. The van der Waals surface area contributed by atoms with Gasteiger partial charge in [0.15, 0.2) is 0 Å². The summed E-state index contributed by atoms with van der Waals surface area (Å²) < 4.78 is 170. The summed E-state index contributed by atoms with van der Waals surface area (Å²) in [5.74, 6) is 0. The summed E-state index contributed by atoms with van der Waals surface area (Å²) in [6, 6.07) is 3.44. The van der Waals surface area contributed by atoms with Gasteiger partial charge < -0.3 is 20.4 Å².